The van der Waals surface area contributed by atoms with Gasteiger partial charge in [-0.1, -0.05) is 52.7 Å². The molecule has 14 atom stereocenters. The molecule has 22 nitrogen and oxygen atoms in total. The first-order chi connectivity index (χ1) is 41.4. The van der Waals surface area contributed by atoms with Gasteiger partial charge in [0.25, 0.3) is 0 Å². The molecule has 6 aliphatic carbocycles. The number of ketones is 2. The highest BCUT2D eigenvalue weighted by Gasteiger charge is 2.76. The van der Waals surface area contributed by atoms with Crippen molar-refractivity contribution in [2.24, 2.45) is 58.0 Å². The summed E-state index contributed by atoms with van der Waals surface area (Å²) in [7, 11) is 0. The van der Waals surface area contributed by atoms with Crippen molar-refractivity contribution in [3.05, 3.63) is 48.1 Å². The van der Waals surface area contributed by atoms with Crippen LogP contribution < -0.4 is 37.1 Å². The maximum atomic E-state index is 14.9. The summed E-state index contributed by atoms with van der Waals surface area (Å²) in [6.45, 7) is 12.9. The number of Topliss-reactive ketones (excluding diaryl/α,β-unsaturated/α-hetero) is 1. The average molecular weight is 1200 g/mol. The lowest BCUT2D eigenvalue weighted by atomic mass is 9.46. The number of rotatable bonds is 34. The highest BCUT2D eigenvalue weighted by atomic mass is 16.7. The van der Waals surface area contributed by atoms with Gasteiger partial charge in [-0.25, -0.2) is 4.79 Å². The van der Waals surface area contributed by atoms with Gasteiger partial charge in [0, 0.05) is 48.2 Å². The molecular formula is C64H94N6O16. The molecule has 4 amide bonds. The molecule has 22 heteroatoms. The Morgan fingerprint density at radius 2 is 1.53 bits per heavy atom. The third kappa shape index (κ3) is 16.5. The fourth-order valence-corrected chi connectivity index (χ4v) is 14.6. The molecule has 4 saturated carbocycles. The summed E-state index contributed by atoms with van der Waals surface area (Å²) in [6, 6.07) is 4.49. The normalized spacial score (nSPS) is 30.5. The number of nitrogens with two attached hydrogens (primary N) is 1. The maximum absolute atomic E-state index is 14.9. The number of hydrogen-bond acceptors (Lipinski definition) is 18. The van der Waals surface area contributed by atoms with Crippen molar-refractivity contribution in [2.45, 2.75) is 161 Å². The Kier molecular flexibility index (Phi) is 24.2. The number of amides is 4. The third-order valence-corrected chi connectivity index (χ3v) is 19.0. The molecule has 7 aliphatic rings. The van der Waals surface area contributed by atoms with Crippen molar-refractivity contribution in [2.75, 3.05) is 84.5 Å². The lowest BCUT2D eigenvalue weighted by Gasteiger charge is -2.59. The van der Waals surface area contributed by atoms with Crippen LogP contribution in [0.3, 0.4) is 0 Å². The fraction of sp³-hybridized carbons (Fsp3) is 0.719. The van der Waals surface area contributed by atoms with E-state index in [-0.39, 0.29) is 81.1 Å². The number of aliphatic hydroxyl groups excluding tert-OH is 2. The van der Waals surface area contributed by atoms with Gasteiger partial charge < -0.3 is 69.4 Å². The van der Waals surface area contributed by atoms with Gasteiger partial charge in [0.05, 0.1) is 71.7 Å². The number of carbonyl (C=O) groups is 6. The minimum atomic E-state index is -1.35. The molecule has 4 unspecified atom stereocenters. The van der Waals surface area contributed by atoms with E-state index in [1.165, 1.54) is 0 Å². The molecule has 1 aromatic rings. The van der Waals surface area contributed by atoms with Crippen LogP contribution in [0.4, 0.5) is 10.5 Å². The number of allylic oxidation sites excluding steroid dienone is 4. The topological polar surface area (TPSA) is 303 Å². The maximum Gasteiger partial charge on any atom is 0.407 e. The molecule has 1 aliphatic heterocycles. The Bertz CT molecular complexity index is 2590. The second kappa shape index (κ2) is 31.2. The molecule has 1 aromatic carbocycles. The molecule has 0 bridgehead atoms. The van der Waals surface area contributed by atoms with Gasteiger partial charge in [-0.05, 0) is 136 Å². The monoisotopic (exact) mass is 1200 g/mol. The van der Waals surface area contributed by atoms with Crippen LogP contribution in [0.1, 0.15) is 118 Å². The van der Waals surface area contributed by atoms with Gasteiger partial charge in [0.1, 0.15) is 24.4 Å². The van der Waals surface area contributed by atoms with E-state index in [0.29, 0.717) is 101 Å². The lowest BCUT2D eigenvalue weighted by molar-refractivity contribution is -0.200. The Labute approximate surface area is 506 Å². The van der Waals surface area contributed by atoms with E-state index >= 15 is 0 Å². The van der Waals surface area contributed by atoms with Crippen LogP contribution in [-0.2, 0) is 57.1 Å². The van der Waals surface area contributed by atoms with Gasteiger partial charge in [-0.15, -0.1) is 11.8 Å². The zero-order valence-corrected chi connectivity index (χ0v) is 50.9. The van der Waals surface area contributed by atoms with Gasteiger partial charge in [0.2, 0.25) is 23.5 Å². The summed E-state index contributed by atoms with van der Waals surface area (Å²) in [5.74, 6) is 6.29. The predicted molar refractivity (Wildman–Crippen MR) is 316 cm³/mol. The molecule has 0 aromatic heterocycles. The Morgan fingerprint density at radius 1 is 0.860 bits per heavy atom. The fourth-order valence-electron chi connectivity index (χ4n) is 14.6. The molecule has 1 heterocycles. The summed E-state index contributed by atoms with van der Waals surface area (Å²) in [5, 5.41) is 35.6. The lowest BCUT2D eigenvalue weighted by Crippen LogP contribution is -2.63. The minimum absolute atomic E-state index is 0.0156. The smallest absolute Gasteiger partial charge is 0.407 e. The molecule has 1 saturated heterocycles. The van der Waals surface area contributed by atoms with Crippen molar-refractivity contribution in [3.8, 4) is 17.6 Å². The zero-order chi connectivity index (χ0) is 61.4. The van der Waals surface area contributed by atoms with E-state index in [1.54, 1.807) is 50.3 Å². The second-order valence-electron chi connectivity index (χ2n) is 24.9. The summed E-state index contributed by atoms with van der Waals surface area (Å²) < 4.78 is 47.2. The largest absolute Gasteiger partial charge is 0.486 e. The number of benzene rings is 1. The summed E-state index contributed by atoms with van der Waals surface area (Å²) in [6.07, 6.45) is 10.2. The average Bonchev–Trinajstić information content (AvgIpc) is 1.48. The molecule has 0 radical (unpaired) electrons. The quantitative estimate of drug-likeness (QED) is 0.0266. The second-order valence-corrected chi connectivity index (χ2v) is 24.9. The molecule has 8 rings (SSSR count). The Hall–Kier alpha value is -5.32. The first-order valence-electron chi connectivity index (χ1n) is 31.3. The molecule has 476 valence electrons. The van der Waals surface area contributed by atoms with Crippen LogP contribution in [0.25, 0.3) is 0 Å². The van der Waals surface area contributed by atoms with Crippen LogP contribution in [0.5, 0.6) is 5.75 Å². The van der Waals surface area contributed by atoms with Gasteiger partial charge in [-0.3, -0.25) is 35.0 Å². The first kappa shape index (κ1) is 66.6. The number of nitrogens with one attached hydrogen (secondary N) is 5. The van der Waals surface area contributed by atoms with Crippen LogP contribution in [0, 0.1) is 64.1 Å². The predicted octanol–water partition coefficient (Wildman–Crippen LogP) is 4.59. The minimum Gasteiger partial charge on any atom is -0.486 e. The number of fused-ring (bicyclic) bond motifs is 8. The third-order valence-electron chi connectivity index (χ3n) is 19.0. The summed E-state index contributed by atoms with van der Waals surface area (Å²) >= 11 is 0. The van der Waals surface area contributed by atoms with E-state index in [9.17, 15) is 39.0 Å². The number of hydrogen-bond donors (Lipinski definition) is 8. The molecular weight excluding hydrogens is 1110 g/mol. The standard InChI is InChI=1S/C64H94N6O16/c1-6-12-55-85-53-36-49-47-21-16-41-35-43(71)22-24-62(41,4)56(47)51(72)37-63(49,5)64(53,86-55)52(73)39-83-44-19-17-42(18-20-44)68-58(75)50(15-11-25-66-60(65)77)69-59(76)57(40(2)3)70-54(74)23-27-79-29-31-81-33-34-82-32-30-80-28-26-67-61(78)84-38-48-45-13-9-7-8-10-14-46(45)48/h17-20,22,24,35,40,45-51,53,55-57,60,66,72,77H,6,9-16,21,23,25-34,36-39,65H2,1-5H3,(H,67,78)(H,68,75)(H,69,76)(H,70,74)/t45?,46?,47-,48?,49-,50-,51-,53+,55?,56+,57-,60?,62-,63-,64+/m0/s1. The van der Waals surface area contributed by atoms with Gasteiger partial charge in [-0.2, -0.15) is 0 Å². The van der Waals surface area contributed by atoms with E-state index in [0.717, 1.165) is 50.5 Å². The summed E-state index contributed by atoms with van der Waals surface area (Å²) in [5.41, 5.74) is 4.33. The number of ether oxygens (including phenoxy) is 8. The van der Waals surface area contributed by atoms with Crippen molar-refractivity contribution in [1.82, 2.24) is 21.3 Å². The molecule has 5 fully saturated rings. The van der Waals surface area contributed by atoms with Crippen molar-refractivity contribution in [1.29, 1.82) is 0 Å². The Morgan fingerprint density at radius 3 is 2.20 bits per heavy atom. The molecule has 86 heavy (non-hydrogen) atoms. The highest BCUT2D eigenvalue weighted by molar-refractivity contribution is 6.01. The van der Waals surface area contributed by atoms with Crippen molar-refractivity contribution < 1.29 is 76.9 Å². The SMILES string of the molecule is CCCC1O[C@@H]2C[C@H]3[C@@H]4CCC5=CC(=O)C=C[C@]5(C)[C@H]4[C@@H](O)C[C@]3(C)[C@]2(C(=O)COc2ccc(NC(=O)[C@H](CCCNC(N)O)NC(=O)[C@@H](NC(=O)CCOCCOCCOCCOCCNC(=O)OCC3C4CCC#CCCC43)C(C)C)cc2)O1. The van der Waals surface area contributed by atoms with Crippen LogP contribution in [-0.4, -0.2) is 167 Å². The van der Waals surface area contributed by atoms with Crippen LogP contribution in [0.2, 0.25) is 0 Å². The molecule has 0 spiro atoms. The van der Waals surface area contributed by atoms with E-state index in [1.807, 2.05) is 13.0 Å². The first-order valence-corrected chi connectivity index (χ1v) is 31.3. The van der Waals surface area contributed by atoms with E-state index < -0.39 is 77.2 Å². The van der Waals surface area contributed by atoms with E-state index in [2.05, 4.69) is 52.3 Å². The number of aliphatic hydroxyl groups is 2. The van der Waals surface area contributed by atoms with Crippen LogP contribution in [0.15, 0.2) is 48.1 Å². The van der Waals surface area contributed by atoms with E-state index in [4.69, 9.17) is 43.6 Å². The Balaban J connectivity index is 0.732. The summed E-state index contributed by atoms with van der Waals surface area (Å²) in [4.78, 5) is 80.1. The van der Waals surface area contributed by atoms with Gasteiger partial charge in [0.15, 0.2) is 24.0 Å². The zero-order valence-electron chi connectivity index (χ0n) is 50.9. The van der Waals surface area contributed by atoms with Crippen molar-refractivity contribution >= 4 is 41.1 Å². The molecule has 9 N–H and O–H groups in total. The highest BCUT2D eigenvalue weighted by Crippen LogP contribution is 2.70. The number of anilines is 1. The van der Waals surface area contributed by atoms with Crippen molar-refractivity contribution in [3.63, 3.8) is 0 Å². The van der Waals surface area contributed by atoms with Gasteiger partial charge >= 0.3 is 6.09 Å². The number of alkyl carbamates (subject to hydrolysis) is 1. The van der Waals surface area contributed by atoms with Crippen LogP contribution >= 0.6 is 0 Å². The number of carbonyl (C=O) groups excluding carboxylic acids is 6.